The minimum Gasteiger partial charge on any atom is -0.404 e. The van der Waals surface area contributed by atoms with Crippen LogP contribution in [0, 0.1) is 5.41 Å². The summed E-state index contributed by atoms with van der Waals surface area (Å²) in [6.07, 6.45) is 10.1. The van der Waals surface area contributed by atoms with Crippen LogP contribution in [0.4, 0.5) is 5.69 Å². The third-order valence-electron chi connectivity index (χ3n) is 5.07. The van der Waals surface area contributed by atoms with Crippen molar-refractivity contribution in [1.82, 2.24) is 9.88 Å². The normalized spacial score (nSPS) is 14.6. The summed E-state index contributed by atoms with van der Waals surface area (Å²) in [5.74, 6) is -0.231. The van der Waals surface area contributed by atoms with Crippen LogP contribution in [0.2, 0.25) is 0 Å². The van der Waals surface area contributed by atoms with Crippen molar-refractivity contribution in [3.63, 3.8) is 0 Å². The van der Waals surface area contributed by atoms with Crippen molar-refractivity contribution in [2.24, 2.45) is 5.73 Å². The van der Waals surface area contributed by atoms with Gasteiger partial charge in [0.15, 0.2) is 0 Å². The molecule has 4 N–H and O–H groups in total. The summed E-state index contributed by atoms with van der Waals surface area (Å²) in [6.45, 7) is 6.50. The lowest BCUT2D eigenvalue weighted by Crippen LogP contribution is -2.33. The van der Waals surface area contributed by atoms with E-state index in [1.54, 1.807) is 24.5 Å². The van der Waals surface area contributed by atoms with Gasteiger partial charge in [-0.1, -0.05) is 6.07 Å². The molecule has 0 saturated heterocycles. The Morgan fingerprint density at radius 3 is 2.94 bits per heavy atom. The van der Waals surface area contributed by atoms with Gasteiger partial charge in [-0.3, -0.25) is 14.7 Å². The van der Waals surface area contributed by atoms with Crippen molar-refractivity contribution in [3.8, 4) is 0 Å². The lowest BCUT2D eigenvalue weighted by atomic mass is 9.99. The number of rotatable bonds is 8. The maximum absolute atomic E-state index is 12.4. The summed E-state index contributed by atoms with van der Waals surface area (Å²) in [5, 5.41) is 10.4. The number of hydrogen-bond acceptors (Lipinski definition) is 6. The Hall–Kier alpha value is -3.29. The molecule has 2 heterocycles. The number of aromatic nitrogens is 1. The van der Waals surface area contributed by atoms with Crippen LogP contribution in [0.3, 0.4) is 0 Å². The minimum atomic E-state index is -0.231. The molecule has 1 aliphatic rings. The van der Waals surface area contributed by atoms with Crippen LogP contribution in [0.5, 0.6) is 0 Å². The van der Waals surface area contributed by atoms with Gasteiger partial charge in [-0.05, 0) is 61.2 Å². The molecule has 1 aliphatic heterocycles. The van der Waals surface area contributed by atoms with Gasteiger partial charge < -0.3 is 21.2 Å². The molecule has 31 heavy (non-hydrogen) atoms. The van der Waals surface area contributed by atoms with Gasteiger partial charge in [0.1, 0.15) is 0 Å². The molecule has 1 aromatic heterocycles. The van der Waals surface area contributed by atoms with Crippen LogP contribution in [-0.4, -0.2) is 41.4 Å². The standard InChI is InChI=1S/C24H29N5O2/c1-17(2)31-16-29-10-8-18-11-22(5-3-20(18)15-29)28-24(30)6-4-19-14-27-9-7-23(19)21(12-25)13-26/h3-7,9,11-14,17,25H,8,10,15-16,26H2,1-2H3,(H,28,30)/b6-4+,21-13+,25-12?. The number of hydrogen-bond donors (Lipinski definition) is 3. The Kier molecular flexibility index (Phi) is 7.70. The molecule has 0 bridgehead atoms. The maximum Gasteiger partial charge on any atom is 0.248 e. The fraction of sp³-hybridized carbons (Fsp3) is 0.292. The van der Waals surface area contributed by atoms with E-state index in [0.29, 0.717) is 17.9 Å². The van der Waals surface area contributed by atoms with Gasteiger partial charge in [-0.15, -0.1) is 0 Å². The molecular formula is C24H29N5O2. The Balaban J connectivity index is 1.64. The van der Waals surface area contributed by atoms with E-state index in [4.69, 9.17) is 15.9 Å². The van der Waals surface area contributed by atoms with Crippen LogP contribution >= 0.6 is 0 Å². The first kappa shape index (κ1) is 22.4. The number of carbonyl (C=O) groups excluding carboxylic acids is 1. The van der Waals surface area contributed by atoms with Gasteiger partial charge in [0.2, 0.25) is 5.91 Å². The third-order valence-corrected chi connectivity index (χ3v) is 5.07. The number of pyridine rings is 1. The Morgan fingerprint density at radius 2 is 2.19 bits per heavy atom. The van der Waals surface area contributed by atoms with Crippen molar-refractivity contribution < 1.29 is 9.53 Å². The second kappa shape index (κ2) is 10.7. The molecule has 1 aromatic carbocycles. The molecule has 3 rings (SSSR count). The van der Waals surface area contributed by atoms with E-state index in [1.807, 2.05) is 26.0 Å². The van der Waals surface area contributed by atoms with Crippen molar-refractivity contribution in [2.45, 2.75) is 32.9 Å². The summed E-state index contributed by atoms with van der Waals surface area (Å²) < 4.78 is 5.71. The van der Waals surface area contributed by atoms with Crippen molar-refractivity contribution >= 4 is 29.5 Å². The largest absolute Gasteiger partial charge is 0.404 e. The molecular weight excluding hydrogens is 390 g/mol. The number of nitrogens with one attached hydrogen (secondary N) is 2. The fourth-order valence-electron chi connectivity index (χ4n) is 3.42. The number of anilines is 1. The number of fused-ring (bicyclic) bond motifs is 1. The Labute approximate surface area is 183 Å². The van der Waals surface area contributed by atoms with E-state index in [0.717, 1.165) is 30.8 Å². The van der Waals surface area contributed by atoms with E-state index < -0.39 is 0 Å². The number of ether oxygens (including phenoxy) is 1. The summed E-state index contributed by atoms with van der Waals surface area (Å²) in [7, 11) is 0. The van der Waals surface area contributed by atoms with Gasteiger partial charge in [-0.2, -0.15) is 0 Å². The van der Waals surface area contributed by atoms with Crippen molar-refractivity contribution in [3.05, 3.63) is 71.2 Å². The van der Waals surface area contributed by atoms with Crippen molar-refractivity contribution in [2.75, 3.05) is 18.6 Å². The third kappa shape index (κ3) is 6.10. The summed E-state index contributed by atoms with van der Waals surface area (Å²) in [4.78, 5) is 18.8. The lowest BCUT2D eigenvalue weighted by molar-refractivity contribution is -0.111. The minimum absolute atomic E-state index is 0.220. The average Bonchev–Trinajstić information content (AvgIpc) is 2.77. The summed E-state index contributed by atoms with van der Waals surface area (Å²) in [5.41, 5.74) is 10.9. The van der Waals surface area contributed by atoms with Gasteiger partial charge >= 0.3 is 0 Å². The highest BCUT2D eigenvalue weighted by Gasteiger charge is 2.17. The smallest absolute Gasteiger partial charge is 0.248 e. The van der Waals surface area contributed by atoms with E-state index in [2.05, 4.69) is 21.3 Å². The van der Waals surface area contributed by atoms with Crippen LogP contribution in [0.1, 0.15) is 36.1 Å². The topological polar surface area (TPSA) is 104 Å². The first-order valence-corrected chi connectivity index (χ1v) is 10.3. The molecule has 0 unspecified atom stereocenters. The number of allylic oxidation sites excluding steroid dienone is 1. The van der Waals surface area contributed by atoms with E-state index in [-0.39, 0.29) is 12.0 Å². The average molecular weight is 420 g/mol. The molecule has 1 amide bonds. The number of amides is 1. The first-order valence-electron chi connectivity index (χ1n) is 10.3. The van der Waals surface area contributed by atoms with Crippen LogP contribution in [0.15, 0.2) is 48.9 Å². The van der Waals surface area contributed by atoms with Gasteiger partial charge in [0, 0.05) is 60.8 Å². The number of nitrogens with zero attached hydrogens (tertiary/aromatic N) is 2. The lowest BCUT2D eigenvalue weighted by Gasteiger charge is -2.29. The number of benzene rings is 1. The molecule has 0 fully saturated rings. The highest BCUT2D eigenvalue weighted by atomic mass is 16.5. The van der Waals surface area contributed by atoms with Gasteiger partial charge in [0.25, 0.3) is 0 Å². The predicted octanol–water partition coefficient (Wildman–Crippen LogP) is 3.42. The van der Waals surface area contributed by atoms with Gasteiger partial charge in [0.05, 0.1) is 12.8 Å². The molecule has 0 saturated carbocycles. The predicted molar refractivity (Wildman–Crippen MR) is 124 cm³/mol. The van der Waals surface area contributed by atoms with E-state index in [9.17, 15) is 4.79 Å². The van der Waals surface area contributed by atoms with Crippen LogP contribution in [-0.2, 0) is 22.5 Å². The molecule has 2 aromatic rings. The highest BCUT2D eigenvalue weighted by molar-refractivity contribution is 6.10. The molecule has 162 valence electrons. The summed E-state index contributed by atoms with van der Waals surface area (Å²) in [6, 6.07) is 7.80. The molecule has 7 nitrogen and oxygen atoms in total. The molecule has 0 radical (unpaired) electrons. The Bertz CT molecular complexity index is 997. The second-order valence-corrected chi connectivity index (χ2v) is 7.68. The van der Waals surface area contributed by atoms with Crippen molar-refractivity contribution in [1.29, 1.82) is 5.41 Å². The molecule has 7 heteroatoms. The zero-order valence-electron chi connectivity index (χ0n) is 18.0. The van der Waals surface area contributed by atoms with Crippen LogP contribution in [0.25, 0.3) is 11.6 Å². The molecule has 0 spiro atoms. The van der Waals surface area contributed by atoms with E-state index in [1.165, 1.54) is 29.6 Å². The SMILES string of the molecule is CC(C)OCN1CCc2cc(NC(=O)/C=C/c3cnccc3/C(C=N)=C/N)ccc2C1. The Morgan fingerprint density at radius 1 is 1.35 bits per heavy atom. The number of carbonyl (C=O) groups is 1. The fourth-order valence-corrected chi connectivity index (χ4v) is 3.42. The molecule has 0 aliphatic carbocycles. The van der Waals surface area contributed by atoms with Gasteiger partial charge in [-0.25, -0.2) is 0 Å². The summed E-state index contributed by atoms with van der Waals surface area (Å²) >= 11 is 0. The quantitative estimate of drug-likeness (QED) is 0.449. The van der Waals surface area contributed by atoms with E-state index >= 15 is 0 Å². The molecule has 0 atom stereocenters. The second-order valence-electron chi connectivity index (χ2n) is 7.68. The number of nitrogens with two attached hydrogens (primary N) is 1. The monoisotopic (exact) mass is 419 g/mol. The maximum atomic E-state index is 12.4. The first-order chi connectivity index (χ1) is 15.0. The zero-order chi connectivity index (χ0) is 22.2. The highest BCUT2D eigenvalue weighted by Crippen LogP contribution is 2.23. The zero-order valence-corrected chi connectivity index (χ0v) is 18.0. The van der Waals surface area contributed by atoms with Crippen LogP contribution < -0.4 is 11.1 Å².